The molecule has 5 N–H and O–H groups in total. The number of benzene rings is 1. The first-order valence-electron chi connectivity index (χ1n) is 9.64. The van der Waals surface area contributed by atoms with Gasteiger partial charge in [0.15, 0.2) is 12.4 Å². The molecule has 0 aliphatic rings. The number of aliphatic imine (C=N–C) groups is 1. The van der Waals surface area contributed by atoms with Gasteiger partial charge in [-0.25, -0.2) is 0 Å². The fraction of sp³-hybridized carbons (Fsp3) is 0.500. The van der Waals surface area contributed by atoms with E-state index in [0.717, 1.165) is 43.1 Å². The van der Waals surface area contributed by atoms with Crippen molar-refractivity contribution in [1.29, 1.82) is 0 Å². The van der Waals surface area contributed by atoms with Crippen molar-refractivity contribution in [3.05, 3.63) is 24.3 Å². The van der Waals surface area contributed by atoms with Crippen LogP contribution < -0.4 is 16.8 Å². The van der Waals surface area contributed by atoms with Crippen LogP contribution in [0.4, 0.5) is 11.5 Å². The number of nitrogen functional groups attached to an aromatic ring is 1. The van der Waals surface area contributed by atoms with E-state index < -0.39 is 0 Å². The molecule has 1 heterocycles. The van der Waals surface area contributed by atoms with Crippen LogP contribution in [-0.2, 0) is 16.1 Å². The maximum atomic E-state index is 12.0. The monoisotopic (exact) mass is 373 g/mol. The molecule has 1 aromatic heterocycles. The maximum Gasteiger partial charge on any atom is 0.289 e. The Kier molecular flexibility index (Phi) is 7.52. The van der Waals surface area contributed by atoms with Gasteiger partial charge in [0.05, 0.1) is 11.2 Å². The Labute approximate surface area is 160 Å². The van der Waals surface area contributed by atoms with Gasteiger partial charge in [0, 0.05) is 18.0 Å². The third-order valence-corrected chi connectivity index (χ3v) is 4.49. The van der Waals surface area contributed by atoms with Gasteiger partial charge in [-0.3, -0.25) is 4.79 Å². The topological polar surface area (TPSA) is 108 Å². The fourth-order valence-corrected chi connectivity index (χ4v) is 3.16. The summed E-state index contributed by atoms with van der Waals surface area (Å²) < 4.78 is 7.39. The summed E-state index contributed by atoms with van der Waals surface area (Å²) in [7, 11) is 0. The van der Waals surface area contributed by atoms with Crippen LogP contribution in [0.15, 0.2) is 29.3 Å². The van der Waals surface area contributed by atoms with E-state index in [1.54, 1.807) is 0 Å². The molecule has 2 rings (SSSR count). The number of rotatable bonds is 9. The largest absolute Gasteiger partial charge is 0.455 e. The molecule has 0 bridgehead atoms. The molecule has 0 saturated carbocycles. The van der Waals surface area contributed by atoms with E-state index in [0.29, 0.717) is 11.5 Å². The normalized spacial score (nSPS) is 12.9. The molecule has 1 amide bonds. The number of fused-ring (bicyclic) bond motifs is 1. The predicted octanol–water partition coefficient (Wildman–Crippen LogP) is 3.29. The number of carbonyl (C=O) groups excluding carboxylic acids is 1. The summed E-state index contributed by atoms with van der Waals surface area (Å²) in [5.41, 5.74) is 13.7. The molecular weight excluding hydrogens is 342 g/mol. The minimum Gasteiger partial charge on any atom is -0.455 e. The quantitative estimate of drug-likeness (QED) is 0.463. The zero-order valence-electron chi connectivity index (χ0n) is 16.5. The molecule has 0 radical (unpaired) electrons. The third-order valence-electron chi connectivity index (χ3n) is 4.49. The highest BCUT2D eigenvalue weighted by Crippen LogP contribution is 2.35. The van der Waals surface area contributed by atoms with Gasteiger partial charge in [0.1, 0.15) is 0 Å². The Morgan fingerprint density at radius 1 is 1.26 bits per heavy atom. The van der Waals surface area contributed by atoms with Gasteiger partial charge in [-0.2, -0.15) is 4.99 Å². The molecule has 2 aromatic rings. The van der Waals surface area contributed by atoms with Crippen LogP contribution in [0.3, 0.4) is 0 Å². The van der Waals surface area contributed by atoms with Crippen LogP contribution in [-0.4, -0.2) is 29.1 Å². The molecule has 148 valence electrons. The van der Waals surface area contributed by atoms with Crippen molar-refractivity contribution in [2.45, 2.75) is 59.0 Å². The molecule has 1 aromatic carbocycles. The van der Waals surface area contributed by atoms with Crippen molar-refractivity contribution >= 4 is 34.3 Å². The zero-order valence-corrected chi connectivity index (χ0v) is 16.5. The molecule has 7 heteroatoms. The molecule has 0 spiro atoms. The Bertz CT molecular complexity index is 797. The third kappa shape index (κ3) is 5.15. The van der Waals surface area contributed by atoms with E-state index in [9.17, 15) is 4.79 Å². The molecule has 27 heavy (non-hydrogen) atoms. The smallest absolute Gasteiger partial charge is 0.289 e. The van der Waals surface area contributed by atoms with Gasteiger partial charge in [0.2, 0.25) is 0 Å². The van der Waals surface area contributed by atoms with Crippen molar-refractivity contribution in [2.75, 3.05) is 12.3 Å². The molecule has 1 atom stereocenters. The van der Waals surface area contributed by atoms with E-state index in [1.165, 1.54) is 0 Å². The summed E-state index contributed by atoms with van der Waals surface area (Å²) in [4.78, 5) is 16.4. The number of nitrogens with zero attached hydrogens (tertiary/aromatic N) is 2. The summed E-state index contributed by atoms with van der Waals surface area (Å²) in [5, 5.41) is 3.88. The van der Waals surface area contributed by atoms with Crippen LogP contribution in [0.25, 0.3) is 10.9 Å². The minimum atomic E-state index is -0.199. The molecule has 0 aliphatic carbocycles. The van der Waals surface area contributed by atoms with Crippen LogP contribution >= 0.6 is 0 Å². The summed E-state index contributed by atoms with van der Waals surface area (Å²) in [6, 6.07) is 7.95. The highest BCUT2D eigenvalue weighted by molar-refractivity contribution is 5.99. The lowest BCUT2D eigenvalue weighted by molar-refractivity contribution is -0.124. The Morgan fingerprint density at radius 2 is 2.00 bits per heavy atom. The number of nitrogens with one attached hydrogen (secondary N) is 1. The first-order valence-corrected chi connectivity index (χ1v) is 9.64. The lowest BCUT2D eigenvalue weighted by Crippen LogP contribution is -2.37. The average molecular weight is 374 g/mol. The Morgan fingerprint density at radius 3 is 2.67 bits per heavy atom. The Balaban J connectivity index is 2.12. The predicted molar refractivity (Wildman–Crippen MR) is 111 cm³/mol. The molecular formula is C20H31N5O2. The zero-order chi connectivity index (χ0) is 19.8. The fourth-order valence-electron chi connectivity index (χ4n) is 3.16. The molecule has 1 unspecified atom stereocenters. The van der Waals surface area contributed by atoms with Gasteiger partial charge in [0.25, 0.3) is 11.9 Å². The van der Waals surface area contributed by atoms with Gasteiger partial charge >= 0.3 is 0 Å². The number of hydrogen-bond acceptors (Lipinski definition) is 4. The second-order valence-corrected chi connectivity index (χ2v) is 6.61. The number of nitrogens with two attached hydrogens (primary N) is 2. The van der Waals surface area contributed by atoms with Crippen molar-refractivity contribution in [1.82, 2.24) is 9.88 Å². The second kappa shape index (κ2) is 9.85. The van der Waals surface area contributed by atoms with Gasteiger partial charge < -0.3 is 26.1 Å². The molecule has 0 aliphatic heterocycles. The highest BCUT2D eigenvalue weighted by Gasteiger charge is 2.15. The number of carbonyl (C=O) groups is 1. The van der Waals surface area contributed by atoms with Gasteiger partial charge in [-0.15, -0.1) is 0 Å². The van der Waals surface area contributed by atoms with Crippen LogP contribution in [0.2, 0.25) is 0 Å². The van der Waals surface area contributed by atoms with Crippen molar-refractivity contribution in [2.24, 2.45) is 10.7 Å². The average Bonchev–Trinajstić information content (AvgIpc) is 2.92. The summed E-state index contributed by atoms with van der Waals surface area (Å²) >= 11 is 0. The number of hydrogen-bond donors (Lipinski definition) is 3. The van der Waals surface area contributed by atoms with E-state index in [2.05, 4.69) is 24.2 Å². The van der Waals surface area contributed by atoms with Gasteiger partial charge in [-0.05, 0) is 25.3 Å². The Hall–Kier alpha value is -2.70. The first kappa shape index (κ1) is 20.6. The summed E-state index contributed by atoms with van der Waals surface area (Å²) in [5.74, 6) is 0.365. The summed E-state index contributed by atoms with van der Waals surface area (Å²) in [6.45, 7) is 6.83. The second-order valence-electron chi connectivity index (χ2n) is 6.61. The van der Waals surface area contributed by atoms with Gasteiger partial charge in [-0.1, -0.05) is 45.4 Å². The van der Waals surface area contributed by atoms with Crippen LogP contribution in [0.1, 0.15) is 46.5 Å². The van der Waals surface area contributed by atoms with Crippen molar-refractivity contribution < 1.29 is 9.53 Å². The molecule has 0 saturated heterocycles. The number of amides is 1. The highest BCUT2D eigenvalue weighted by atomic mass is 16.5. The minimum absolute atomic E-state index is 0.0689. The summed E-state index contributed by atoms with van der Waals surface area (Å²) in [6.07, 6.45) is 3.78. The van der Waals surface area contributed by atoms with Crippen LogP contribution in [0, 0.1) is 0 Å². The number of para-hydroxylation sites is 1. The van der Waals surface area contributed by atoms with E-state index in [-0.39, 0.29) is 24.6 Å². The first-order chi connectivity index (χ1) is 13.0. The maximum absolute atomic E-state index is 12.0. The van der Waals surface area contributed by atoms with Crippen LogP contribution in [0.5, 0.6) is 0 Å². The van der Waals surface area contributed by atoms with E-state index in [1.807, 2.05) is 35.8 Å². The number of amidine groups is 1. The molecule has 0 fully saturated rings. The lowest BCUT2D eigenvalue weighted by atomic mass is 10.1. The number of ether oxygens (including phenoxy) is 1. The SMILES string of the molecule is CCCC(CC)NC(=O)CO/C(N)=N/c1c(N)c2ccccc2n1CCC. The standard InChI is InChI=1S/C20H31N5O2/c1-4-9-14(6-3)23-17(26)13-27-20(22)24-19-18(21)15-10-7-8-11-16(15)25(19)12-5-2/h7-8,10-11,14H,4-6,9,12-13,21H2,1-3H3,(H2,22,24)(H,23,26). The number of aryl methyl sites for hydroxylation is 1. The van der Waals surface area contributed by atoms with Crippen molar-refractivity contribution in [3.8, 4) is 0 Å². The lowest BCUT2D eigenvalue weighted by Gasteiger charge is -2.16. The van der Waals surface area contributed by atoms with E-state index in [4.69, 9.17) is 16.2 Å². The van der Waals surface area contributed by atoms with Crippen molar-refractivity contribution in [3.63, 3.8) is 0 Å². The molecule has 7 nitrogen and oxygen atoms in total. The number of aromatic nitrogens is 1. The number of anilines is 1. The van der Waals surface area contributed by atoms with E-state index >= 15 is 0 Å².